The van der Waals surface area contributed by atoms with Crippen LogP contribution in [0.5, 0.6) is 0 Å². The second kappa shape index (κ2) is 2.59. The van der Waals surface area contributed by atoms with Crippen LogP contribution in [0.15, 0.2) is 12.7 Å². The summed E-state index contributed by atoms with van der Waals surface area (Å²) in [7, 11) is 0. The van der Waals surface area contributed by atoms with Gasteiger partial charge in [0.25, 0.3) is 0 Å². The summed E-state index contributed by atoms with van der Waals surface area (Å²) in [5.74, 6) is 0. The Morgan fingerprint density at radius 2 is 2.56 bits per heavy atom. The molecule has 1 rings (SSSR count). The topological polar surface area (TPSA) is 47.8 Å². The molecule has 5 heteroatoms. The molecule has 0 N–H and O–H groups in total. The van der Waals surface area contributed by atoms with Crippen molar-refractivity contribution >= 4 is 16.8 Å². The fraction of sp³-hybridized carbons (Fsp3) is 0.250. The van der Waals surface area contributed by atoms with Crippen molar-refractivity contribution in [3.8, 4) is 0 Å². The van der Waals surface area contributed by atoms with Crippen LogP contribution < -0.4 is 0 Å². The number of nitrogens with zero attached hydrogens (tertiary/aromatic N) is 3. The molecule has 0 aliphatic rings. The maximum atomic E-state index is 10.2. The summed E-state index contributed by atoms with van der Waals surface area (Å²) in [6.45, 7) is 0.0849. The van der Waals surface area contributed by atoms with Crippen LogP contribution in [0.25, 0.3) is 0 Å². The van der Waals surface area contributed by atoms with Crippen LogP contribution in [0, 0.1) is 0 Å². The van der Waals surface area contributed by atoms with Crippen molar-refractivity contribution in [2.75, 3.05) is 0 Å². The molecule has 0 spiro atoms. The quantitative estimate of drug-likeness (QED) is 0.553. The highest BCUT2D eigenvalue weighted by Crippen LogP contribution is 1.84. The molecule has 0 aromatic carbocycles. The molecule has 0 aliphatic heterocycles. The van der Waals surface area contributed by atoms with Crippen molar-refractivity contribution in [3.05, 3.63) is 12.7 Å². The lowest BCUT2D eigenvalue weighted by Crippen LogP contribution is -2.03. The van der Waals surface area contributed by atoms with Gasteiger partial charge in [0.05, 0.1) is 0 Å². The Morgan fingerprint density at radius 3 is 3.00 bits per heavy atom. The standard InChI is InChI=1S/C4H4ClN3O/c5-4(9)1-8-3-6-2-7-8/h2-3H,1H2. The lowest BCUT2D eigenvalue weighted by Gasteiger charge is -1.89. The van der Waals surface area contributed by atoms with E-state index in [-0.39, 0.29) is 6.54 Å². The minimum Gasteiger partial charge on any atom is -0.279 e. The summed E-state index contributed by atoms with van der Waals surface area (Å²) < 4.78 is 1.36. The Hall–Kier alpha value is -0.900. The molecule has 1 aromatic heterocycles. The number of carbonyl (C=O) groups excluding carboxylic acids is 1. The zero-order chi connectivity index (χ0) is 6.69. The van der Waals surface area contributed by atoms with E-state index in [1.807, 2.05) is 0 Å². The van der Waals surface area contributed by atoms with Crippen LogP contribution in [0.4, 0.5) is 0 Å². The summed E-state index contributed by atoms with van der Waals surface area (Å²) in [4.78, 5) is 13.8. The normalized spacial score (nSPS) is 9.44. The summed E-state index contributed by atoms with van der Waals surface area (Å²) >= 11 is 5.04. The number of hydrogen-bond donors (Lipinski definition) is 0. The molecule has 48 valence electrons. The highest BCUT2D eigenvalue weighted by Gasteiger charge is 1.95. The van der Waals surface area contributed by atoms with Gasteiger partial charge in [0.15, 0.2) is 0 Å². The van der Waals surface area contributed by atoms with E-state index in [4.69, 9.17) is 11.6 Å². The molecule has 0 fully saturated rings. The van der Waals surface area contributed by atoms with Gasteiger partial charge in [-0.2, -0.15) is 5.10 Å². The van der Waals surface area contributed by atoms with Crippen LogP contribution >= 0.6 is 11.6 Å². The van der Waals surface area contributed by atoms with E-state index in [0.717, 1.165) is 0 Å². The monoisotopic (exact) mass is 145 g/mol. The third kappa shape index (κ3) is 1.81. The first-order valence-corrected chi connectivity index (χ1v) is 2.67. The Morgan fingerprint density at radius 1 is 1.78 bits per heavy atom. The Kier molecular flexibility index (Phi) is 1.79. The van der Waals surface area contributed by atoms with Crippen molar-refractivity contribution in [2.45, 2.75) is 6.54 Å². The van der Waals surface area contributed by atoms with Gasteiger partial charge in [0.1, 0.15) is 19.2 Å². The molecule has 0 atom stereocenters. The largest absolute Gasteiger partial charge is 0.279 e. The number of hydrogen-bond acceptors (Lipinski definition) is 3. The molecule has 0 saturated heterocycles. The number of halogens is 1. The molecule has 0 aliphatic carbocycles. The second-order valence-corrected chi connectivity index (χ2v) is 1.87. The van der Waals surface area contributed by atoms with Crippen LogP contribution in [0.1, 0.15) is 0 Å². The van der Waals surface area contributed by atoms with Crippen LogP contribution in [-0.4, -0.2) is 20.0 Å². The van der Waals surface area contributed by atoms with Crippen molar-refractivity contribution in [1.82, 2.24) is 14.8 Å². The Labute approximate surface area is 56.5 Å². The van der Waals surface area contributed by atoms with Gasteiger partial charge in [-0.05, 0) is 11.6 Å². The van der Waals surface area contributed by atoms with E-state index >= 15 is 0 Å². The van der Waals surface area contributed by atoms with Gasteiger partial charge < -0.3 is 0 Å². The van der Waals surface area contributed by atoms with Crippen molar-refractivity contribution in [3.63, 3.8) is 0 Å². The van der Waals surface area contributed by atoms with E-state index in [9.17, 15) is 4.79 Å². The van der Waals surface area contributed by atoms with Gasteiger partial charge >= 0.3 is 0 Å². The van der Waals surface area contributed by atoms with Gasteiger partial charge in [0.2, 0.25) is 5.24 Å². The van der Waals surface area contributed by atoms with Gasteiger partial charge in [-0.1, -0.05) is 0 Å². The maximum absolute atomic E-state index is 10.2. The van der Waals surface area contributed by atoms with E-state index in [2.05, 4.69) is 10.1 Å². The van der Waals surface area contributed by atoms with Gasteiger partial charge in [0, 0.05) is 0 Å². The molecule has 4 nitrogen and oxygen atoms in total. The predicted octanol–water partition coefficient (Wildman–Crippen LogP) is 0.0435. The van der Waals surface area contributed by atoms with Gasteiger partial charge in [-0.3, -0.25) is 4.79 Å². The van der Waals surface area contributed by atoms with E-state index in [0.29, 0.717) is 0 Å². The zero-order valence-electron chi connectivity index (χ0n) is 4.49. The Balaban J connectivity index is 2.58. The van der Waals surface area contributed by atoms with Gasteiger partial charge in [-0.25, -0.2) is 9.67 Å². The maximum Gasteiger partial charge on any atom is 0.243 e. The first-order valence-electron chi connectivity index (χ1n) is 2.30. The fourth-order valence-electron chi connectivity index (χ4n) is 0.442. The molecule has 0 saturated carbocycles. The van der Waals surface area contributed by atoms with E-state index in [1.165, 1.54) is 17.3 Å². The molecule has 0 bridgehead atoms. The molecule has 1 heterocycles. The minimum absolute atomic E-state index is 0.0849. The van der Waals surface area contributed by atoms with E-state index < -0.39 is 5.24 Å². The van der Waals surface area contributed by atoms with Crippen molar-refractivity contribution in [2.24, 2.45) is 0 Å². The van der Waals surface area contributed by atoms with Crippen LogP contribution in [0.3, 0.4) is 0 Å². The zero-order valence-corrected chi connectivity index (χ0v) is 5.25. The summed E-state index contributed by atoms with van der Waals surface area (Å²) in [5.41, 5.74) is 0. The van der Waals surface area contributed by atoms with E-state index in [1.54, 1.807) is 0 Å². The fourth-order valence-corrected chi connectivity index (χ4v) is 0.564. The molecule has 0 radical (unpaired) electrons. The lowest BCUT2D eigenvalue weighted by molar-refractivity contribution is -0.112. The highest BCUT2D eigenvalue weighted by molar-refractivity contribution is 6.63. The molecule has 0 amide bonds. The summed E-state index contributed by atoms with van der Waals surface area (Å²) in [5, 5.41) is 3.21. The molecule has 9 heavy (non-hydrogen) atoms. The second-order valence-electron chi connectivity index (χ2n) is 1.45. The summed E-state index contributed by atoms with van der Waals surface area (Å²) in [6, 6.07) is 0. The third-order valence-corrected chi connectivity index (χ3v) is 0.872. The average molecular weight is 146 g/mol. The third-order valence-electron chi connectivity index (χ3n) is 0.753. The van der Waals surface area contributed by atoms with Gasteiger partial charge in [-0.15, -0.1) is 0 Å². The van der Waals surface area contributed by atoms with Crippen LogP contribution in [-0.2, 0) is 11.3 Å². The summed E-state index contributed by atoms with van der Waals surface area (Å²) in [6.07, 6.45) is 2.78. The first-order chi connectivity index (χ1) is 4.29. The number of rotatable bonds is 2. The smallest absolute Gasteiger partial charge is 0.243 e. The van der Waals surface area contributed by atoms with Crippen molar-refractivity contribution < 1.29 is 4.79 Å². The highest BCUT2D eigenvalue weighted by atomic mass is 35.5. The molecular weight excluding hydrogens is 142 g/mol. The van der Waals surface area contributed by atoms with Crippen molar-refractivity contribution in [1.29, 1.82) is 0 Å². The first kappa shape index (κ1) is 6.22. The number of aromatic nitrogens is 3. The average Bonchev–Trinajstić information content (AvgIpc) is 2.15. The molecule has 1 aromatic rings. The number of carbonyl (C=O) groups is 1. The minimum atomic E-state index is -0.444. The lowest BCUT2D eigenvalue weighted by atomic mass is 10.7. The van der Waals surface area contributed by atoms with Crippen LogP contribution in [0.2, 0.25) is 0 Å². The Bertz CT molecular complexity index is 196. The predicted molar refractivity (Wildman–Crippen MR) is 30.9 cm³/mol. The SMILES string of the molecule is O=C(Cl)Cn1cncn1. The molecular formula is C4H4ClN3O. The molecule has 0 unspecified atom stereocenters.